The number of amides is 1. The highest BCUT2D eigenvalue weighted by Crippen LogP contribution is 2.23. The van der Waals surface area contributed by atoms with Gasteiger partial charge in [0.15, 0.2) is 0 Å². The van der Waals surface area contributed by atoms with Gasteiger partial charge in [-0.2, -0.15) is 0 Å². The number of benzene rings is 2. The van der Waals surface area contributed by atoms with Crippen molar-refractivity contribution in [1.82, 2.24) is 0 Å². The predicted octanol–water partition coefficient (Wildman–Crippen LogP) is 2.58. The van der Waals surface area contributed by atoms with Gasteiger partial charge >= 0.3 is 0 Å². The number of aliphatic hydroxyl groups is 1. The largest absolute Gasteiger partial charge is 0.495 e. The minimum Gasteiger partial charge on any atom is -0.495 e. The molecule has 2 rings (SSSR count). The molecule has 2 aromatic rings. The zero-order chi connectivity index (χ0) is 15.4. The Hall–Kier alpha value is -2.53. The van der Waals surface area contributed by atoms with Crippen LogP contribution in [0.3, 0.4) is 0 Å². The quantitative estimate of drug-likeness (QED) is 0.754. The summed E-state index contributed by atoms with van der Waals surface area (Å²) in [5.74, 6) is 0.259. The number of nitrogen functional groups attached to an aromatic ring is 1. The van der Waals surface area contributed by atoms with Crippen LogP contribution in [-0.4, -0.2) is 18.1 Å². The lowest BCUT2D eigenvalue weighted by Gasteiger charge is -2.10. The van der Waals surface area contributed by atoms with Gasteiger partial charge < -0.3 is 20.9 Å². The lowest BCUT2D eigenvalue weighted by molar-refractivity contribution is 0.102. The van der Waals surface area contributed by atoms with Crippen molar-refractivity contribution < 1.29 is 14.6 Å². The molecule has 1 unspecified atom stereocenters. The molecule has 5 heteroatoms. The Kier molecular flexibility index (Phi) is 4.45. The molecule has 0 saturated carbocycles. The highest BCUT2D eigenvalue weighted by molar-refractivity contribution is 6.05. The Bertz CT molecular complexity index is 654. The summed E-state index contributed by atoms with van der Waals surface area (Å²) in [6, 6.07) is 11.9. The highest BCUT2D eigenvalue weighted by Gasteiger charge is 2.10. The van der Waals surface area contributed by atoms with Gasteiger partial charge in [0.1, 0.15) is 5.75 Å². The van der Waals surface area contributed by atoms with Gasteiger partial charge in [0.25, 0.3) is 5.91 Å². The van der Waals surface area contributed by atoms with E-state index in [2.05, 4.69) is 5.32 Å². The van der Waals surface area contributed by atoms with Gasteiger partial charge in [0, 0.05) is 11.3 Å². The molecule has 0 heterocycles. The number of methoxy groups -OCH3 is 1. The summed E-state index contributed by atoms with van der Waals surface area (Å²) in [4.78, 5) is 12.2. The molecule has 1 amide bonds. The van der Waals surface area contributed by atoms with E-state index in [9.17, 15) is 9.90 Å². The van der Waals surface area contributed by atoms with Gasteiger partial charge in [-0.1, -0.05) is 12.1 Å². The second-order valence-electron chi connectivity index (χ2n) is 4.71. The maximum Gasteiger partial charge on any atom is 0.255 e. The zero-order valence-electron chi connectivity index (χ0n) is 12.0. The van der Waals surface area contributed by atoms with E-state index in [0.717, 1.165) is 5.56 Å². The van der Waals surface area contributed by atoms with Crippen LogP contribution in [0.5, 0.6) is 5.75 Å². The van der Waals surface area contributed by atoms with E-state index < -0.39 is 6.10 Å². The number of aliphatic hydroxyl groups excluding tert-OH is 1. The van der Waals surface area contributed by atoms with Crippen molar-refractivity contribution in [2.45, 2.75) is 13.0 Å². The number of nitrogens with two attached hydrogens (primary N) is 1. The van der Waals surface area contributed by atoms with Crippen LogP contribution in [0.4, 0.5) is 11.4 Å². The number of nitrogens with one attached hydrogen (secondary N) is 1. The van der Waals surface area contributed by atoms with Crippen LogP contribution < -0.4 is 15.8 Å². The summed E-state index contributed by atoms with van der Waals surface area (Å²) in [6.07, 6.45) is -0.585. The van der Waals surface area contributed by atoms with Crippen molar-refractivity contribution in [2.24, 2.45) is 0 Å². The van der Waals surface area contributed by atoms with Gasteiger partial charge in [-0.3, -0.25) is 4.79 Å². The van der Waals surface area contributed by atoms with Crippen LogP contribution in [-0.2, 0) is 0 Å². The fraction of sp³-hybridized carbons (Fsp3) is 0.188. The Morgan fingerprint density at radius 1 is 1.29 bits per heavy atom. The molecule has 0 aliphatic heterocycles. The molecule has 0 saturated heterocycles. The fourth-order valence-corrected chi connectivity index (χ4v) is 1.96. The number of ether oxygens (including phenoxy) is 1. The smallest absolute Gasteiger partial charge is 0.255 e. The summed E-state index contributed by atoms with van der Waals surface area (Å²) in [7, 11) is 1.52. The molecule has 0 fully saturated rings. The first-order chi connectivity index (χ1) is 10.0. The number of anilines is 2. The summed E-state index contributed by atoms with van der Waals surface area (Å²) >= 11 is 0. The first kappa shape index (κ1) is 14.9. The van der Waals surface area contributed by atoms with Gasteiger partial charge in [-0.25, -0.2) is 0 Å². The average Bonchev–Trinajstić information content (AvgIpc) is 2.47. The molecule has 0 bridgehead atoms. The van der Waals surface area contributed by atoms with Crippen molar-refractivity contribution in [1.29, 1.82) is 0 Å². The van der Waals surface area contributed by atoms with E-state index >= 15 is 0 Å². The second-order valence-corrected chi connectivity index (χ2v) is 4.71. The van der Waals surface area contributed by atoms with Gasteiger partial charge in [-0.15, -0.1) is 0 Å². The molecule has 0 aromatic heterocycles. The minimum absolute atomic E-state index is 0.271. The van der Waals surface area contributed by atoms with Gasteiger partial charge in [-0.05, 0) is 42.8 Å². The maximum absolute atomic E-state index is 12.2. The lowest BCUT2D eigenvalue weighted by Crippen LogP contribution is -2.12. The Morgan fingerprint density at radius 2 is 2.05 bits per heavy atom. The van der Waals surface area contributed by atoms with Crippen molar-refractivity contribution in [3.05, 3.63) is 53.6 Å². The van der Waals surface area contributed by atoms with E-state index in [4.69, 9.17) is 10.5 Å². The van der Waals surface area contributed by atoms with E-state index in [1.165, 1.54) is 7.11 Å². The van der Waals surface area contributed by atoms with Crippen molar-refractivity contribution in [3.8, 4) is 5.75 Å². The second kappa shape index (κ2) is 6.28. The molecule has 5 nitrogen and oxygen atoms in total. The third-order valence-electron chi connectivity index (χ3n) is 3.12. The van der Waals surface area contributed by atoms with Gasteiger partial charge in [0.2, 0.25) is 0 Å². The molecule has 21 heavy (non-hydrogen) atoms. The zero-order valence-corrected chi connectivity index (χ0v) is 12.0. The van der Waals surface area contributed by atoms with Crippen LogP contribution in [0.1, 0.15) is 28.9 Å². The van der Waals surface area contributed by atoms with E-state index in [1.54, 1.807) is 49.4 Å². The van der Waals surface area contributed by atoms with E-state index in [1.807, 2.05) is 0 Å². The fourth-order valence-electron chi connectivity index (χ4n) is 1.96. The number of carbonyl (C=O) groups is 1. The third-order valence-corrected chi connectivity index (χ3v) is 3.12. The minimum atomic E-state index is -0.585. The first-order valence-corrected chi connectivity index (χ1v) is 6.54. The number of carbonyl (C=O) groups excluding carboxylic acids is 1. The Labute approximate surface area is 123 Å². The molecule has 0 spiro atoms. The molecule has 4 N–H and O–H groups in total. The van der Waals surface area contributed by atoms with Crippen LogP contribution in [0, 0.1) is 0 Å². The highest BCUT2D eigenvalue weighted by atomic mass is 16.5. The lowest BCUT2D eigenvalue weighted by atomic mass is 10.1. The Morgan fingerprint density at radius 3 is 2.67 bits per heavy atom. The topological polar surface area (TPSA) is 84.6 Å². The molecular weight excluding hydrogens is 268 g/mol. The first-order valence-electron chi connectivity index (χ1n) is 6.54. The molecular formula is C16H18N2O3. The summed E-state index contributed by atoms with van der Waals surface area (Å²) < 4.78 is 5.06. The van der Waals surface area contributed by atoms with Crippen LogP contribution in [0.25, 0.3) is 0 Å². The Balaban J connectivity index is 2.18. The standard InChI is InChI=1S/C16H18N2O3/c1-10(19)11-4-3-5-13(8-11)18-16(20)12-6-7-15(21-2)14(17)9-12/h3-10,19H,17H2,1-2H3,(H,18,20). The summed E-state index contributed by atoms with van der Waals surface area (Å²) in [6.45, 7) is 1.67. The van der Waals surface area contributed by atoms with Crippen molar-refractivity contribution >= 4 is 17.3 Å². The number of hydrogen-bond acceptors (Lipinski definition) is 4. The van der Waals surface area contributed by atoms with Gasteiger partial charge in [0.05, 0.1) is 18.9 Å². The SMILES string of the molecule is COc1ccc(C(=O)Nc2cccc(C(C)O)c2)cc1N. The number of rotatable bonds is 4. The molecule has 1 atom stereocenters. The van der Waals surface area contributed by atoms with Crippen molar-refractivity contribution in [2.75, 3.05) is 18.2 Å². The van der Waals surface area contributed by atoms with E-state index in [0.29, 0.717) is 22.7 Å². The molecule has 0 aliphatic rings. The number of hydrogen-bond donors (Lipinski definition) is 3. The predicted molar refractivity (Wildman–Crippen MR) is 82.4 cm³/mol. The third kappa shape index (κ3) is 3.52. The monoisotopic (exact) mass is 286 g/mol. The van der Waals surface area contributed by atoms with Crippen LogP contribution >= 0.6 is 0 Å². The molecule has 0 radical (unpaired) electrons. The normalized spacial score (nSPS) is 11.8. The average molecular weight is 286 g/mol. The maximum atomic E-state index is 12.2. The van der Waals surface area contributed by atoms with Crippen LogP contribution in [0.15, 0.2) is 42.5 Å². The van der Waals surface area contributed by atoms with Crippen molar-refractivity contribution in [3.63, 3.8) is 0 Å². The molecule has 110 valence electrons. The summed E-state index contributed by atoms with van der Waals surface area (Å²) in [5, 5.41) is 12.3. The van der Waals surface area contributed by atoms with E-state index in [-0.39, 0.29) is 5.91 Å². The molecule has 2 aromatic carbocycles. The molecule has 0 aliphatic carbocycles. The summed E-state index contributed by atoms with van der Waals surface area (Å²) in [5.41, 5.74) is 7.99. The van der Waals surface area contributed by atoms with Crippen LogP contribution in [0.2, 0.25) is 0 Å².